The summed E-state index contributed by atoms with van der Waals surface area (Å²) < 4.78 is 0. The molecule has 1 saturated heterocycles. The lowest BCUT2D eigenvalue weighted by Gasteiger charge is -2.50. The maximum Gasteiger partial charge on any atom is 0.0330 e. The highest BCUT2D eigenvalue weighted by atomic mass is 15.3. The molecule has 0 bridgehead atoms. The summed E-state index contributed by atoms with van der Waals surface area (Å²) in [6.45, 7) is 6.99. The molecule has 0 aromatic carbocycles. The van der Waals surface area contributed by atoms with Gasteiger partial charge >= 0.3 is 0 Å². The molecule has 0 aromatic heterocycles. The Hall–Kier alpha value is -0.120. The Balaban J connectivity index is 1.91. The second-order valence-corrected chi connectivity index (χ2v) is 7.01. The molecule has 2 aliphatic rings. The third kappa shape index (κ3) is 2.67. The van der Waals surface area contributed by atoms with Crippen LogP contribution in [-0.2, 0) is 0 Å². The van der Waals surface area contributed by atoms with E-state index in [2.05, 4.69) is 50.1 Å². The molecule has 1 aliphatic heterocycles. The van der Waals surface area contributed by atoms with Gasteiger partial charge in [-0.3, -0.25) is 0 Å². The summed E-state index contributed by atoms with van der Waals surface area (Å²) in [4.78, 5) is 5.03. The number of nitrogens with zero attached hydrogens (tertiary/aromatic N) is 2. The molecule has 2 fully saturated rings. The van der Waals surface area contributed by atoms with Gasteiger partial charge in [0.25, 0.3) is 0 Å². The molecule has 0 aromatic rings. The molecule has 1 N–H and O–H groups in total. The summed E-state index contributed by atoms with van der Waals surface area (Å²) in [5.41, 5.74) is 0.783. The zero-order valence-electron chi connectivity index (χ0n) is 12.2. The van der Waals surface area contributed by atoms with Gasteiger partial charge in [0, 0.05) is 30.2 Å². The molecule has 17 heavy (non-hydrogen) atoms. The van der Waals surface area contributed by atoms with Gasteiger partial charge in [0.05, 0.1) is 0 Å². The van der Waals surface area contributed by atoms with Crippen LogP contribution in [0.5, 0.6) is 0 Å². The Morgan fingerprint density at radius 1 is 1.18 bits per heavy atom. The second-order valence-electron chi connectivity index (χ2n) is 7.01. The molecular weight excluding hydrogens is 210 g/mol. The van der Waals surface area contributed by atoms with Crippen LogP contribution in [0.3, 0.4) is 0 Å². The zero-order valence-corrected chi connectivity index (χ0v) is 12.2. The molecular formula is C14H29N3. The third-order valence-corrected chi connectivity index (χ3v) is 4.96. The van der Waals surface area contributed by atoms with Crippen LogP contribution in [0.2, 0.25) is 0 Å². The van der Waals surface area contributed by atoms with Gasteiger partial charge in [-0.05, 0) is 60.7 Å². The molecule has 3 heteroatoms. The number of rotatable bonds is 4. The van der Waals surface area contributed by atoms with Crippen LogP contribution in [0.1, 0.15) is 39.5 Å². The van der Waals surface area contributed by atoms with Crippen LogP contribution < -0.4 is 5.32 Å². The van der Waals surface area contributed by atoms with Crippen molar-refractivity contribution in [3.05, 3.63) is 0 Å². The summed E-state index contributed by atoms with van der Waals surface area (Å²) in [6, 6.07) is 0.711. The number of hydrogen-bond acceptors (Lipinski definition) is 3. The first kappa shape index (κ1) is 13.3. The Morgan fingerprint density at radius 3 is 2.18 bits per heavy atom. The van der Waals surface area contributed by atoms with Crippen molar-refractivity contribution in [2.24, 2.45) is 0 Å². The summed E-state index contributed by atoms with van der Waals surface area (Å²) in [6.07, 6.45) is 5.41. The molecule has 1 unspecified atom stereocenters. The third-order valence-electron chi connectivity index (χ3n) is 4.96. The van der Waals surface area contributed by atoms with Crippen LogP contribution in [0.15, 0.2) is 0 Å². The molecule has 1 heterocycles. The number of hydrogen-bond donors (Lipinski definition) is 1. The first-order valence-corrected chi connectivity index (χ1v) is 6.97. The highest BCUT2D eigenvalue weighted by Crippen LogP contribution is 2.37. The fourth-order valence-electron chi connectivity index (χ4n) is 3.36. The maximum atomic E-state index is 3.62. The monoisotopic (exact) mass is 239 g/mol. The van der Waals surface area contributed by atoms with Crippen molar-refractivity contribution in [1.82, 2.24) is 15.1 Å². The second kappa shape index (κ2) is 4.52. The van der Waals surface area contributed by atoms with Crippen molar-refractivity contribution in [3.63, 3.8) is 0 Å². The van der Waals surface area contributed by atoms with E-state index in [9.17, 15) is 0 Å². The van der Waals surface area contributed by atoms with Gasteiger partial charge in [-0.15, -0.1) is 0 Å². The van der Waals surface area contributed by atoms with E-state index in [1.165, 1.54) is 32.2 Å². The van der Waals surface area contributed by atoms with Gasteiger partial charge in [0.2, 0.25) is 0 Å². The van der Waals surface area contributed by atoms with Gasteiger partial charge in [-0.2, -0.15) is 0 Å². The summed E-state index contributed by atoms with van der Waals surface area (Å²) in [7, 11) is 6.78. The van der Waals surface area contributed by atoms with Crippen LogP contribution in [0.4, 0.5) is 0 Å². The van der Waals surface area contributed by atoms with Crippen LogP contribution in [0, 0.1) is 0 Å². The van der Waals surface area contributed by atoms with Crippen molar-refractivity contribution in [1.29, 1.82) is 0 Å². The SMILES string of the molecule is CN(CC1(N(C)C)CCC1)C1CNC(C)(C)C1. The van der Waals surface area contributed by atoms with E-state index in [1.54, 1.807) is 0 Å². The minimum absolute atomic E-state index is 0.323. The van der Waals surface area contributed by atoms with E-state index in [0.29, 0.717) is 17.1 Å². The molecule has 1 saturated carbocycles. The van der Waals surface area contributed by atoms with E-state index in [1.807, 2.05) is 0 Å². The molecule has 1 aliphatic carbocycles. The molecule has 0 spiro atoms. The maximum absolute atomic E-state index is 3.62. The quantitative estimate of drug-likeness (QED) is 0.803. The Kier molecular flexibility index (Phi) is 3.54. The van der Waals surface area contributed by atoms with Crippen LogP contribution >= 0.6 is 0 Å². The fourth-order valence-corrected chi connectivity index (χ4v) is 3.36. The Morgan fingerprint density at radius 2 is 1.82 bits per heavy atom. The molecule has 0 amide bonds. The average molecular weight is 239 g/mol. The fraction of sp³-hybridized carbons (Fsp3) is 1.00. The van der Waals surface area contributed by atoms with E-state index < -0.39 is 0 Å². The molecule has 100 valence electrons. The van der Waals surface area contributed by atoms with E-state index in [0.717, 1.165) is 6.54 Å². The van der Waals surface area contributed by atoms with E-state index >= 15 is 0 Å². The molecule has 3 nitrogen and oxygen atoms in total. The van der Waals surface area contributed by atoms with Gasteiger partial charge in [-0.25, -0.2) is 0 Å². The lowest BCUT2D eigenvalue weighted by Crippen LogP contribution is -2.58. The normalized spacial score (nSPS) is 30.9. The van der Waals surface area contributed by atoms with Crippen molar-refractivity contribution >= 4 is 0 Å². The van der Waals surface area contributed by atoms with Crippen LogP contribution in [0.25, 0.3) is 0 Å². The minimum atomic E-state index is 0.323. The van der Waals surface area contributed by atoms with E-state index in [-0.39, 0.29) is 0 Å². The smallest absolute Gasteiger partial charge is 0.0330 e. The predicted molar refractivity (Wildman–Crippen MR) is 73.4 cm³/mol. The first-order valence-electron chi connectivity index (χ1n) is 6.97. The highest BCUT2D eigenvalue weighted by molar-refractivity contribution is 5.01. The van der Waals surface area contributed by atoms with Crippen LogP contribution in [-0.4, -0.2) is 61.2 Å². The van der Waals surface area contributed by atoms with Gasteiger partial charge < -0.3 is 15.1 Å². The average Bonchev–Trinajstić information content (AvgIpc) is 2.51. The van der Waals surface area contributed by atoms with Crippen molar-refractivity contribution in [2.75, 3.05) is 34.2 Å². The van der Waals surface area contributed by atoms with Crippen molar-refractivity contribution < 1.29 is 0 Å². The molecule has 2 rings (SSSR count). The Bertz CT molecular complexity index is 269. The summed E-state index contributed by atoms with van der Waals surface area (Å²) in [5.74, 6) is 0. The Labute approximate surface area is 107 Å². The van der Waals surface area contributed by atoms with Crippen molar-refractivity contribution in [3.8, 4) is 0 Å². The van der Waals surface area contributed by atoms with Gasteiger partial charge in [0.1, 0.15) is 0 Å². The minimum Gasteiger partial charge on any atom is -0.310 e. The molecule has 1 atom stereocenters. The van der Waals surface area contributed by atoms with Crippen molar-refractivity contribution in [2.45, 2.75) is 56.7 Å². The van der Waals surface area contributed by atoms with E-state index in [4.69, 9.17) is 0 Å². The topological polar surface area (TPSA) is 18.5 Å². The first-order chi connectivity index (χ1) is 7.85. The predicted octanol–water partition coefficient (Wildman–Crippen LogP) is 1.54. The lowest BCUT2D eigenvalue weighted by molar-refractivity contribution is 0.0177. The summed E-state index contributed by atoms with van der Waals surface area (Å²) >= 11 is 0. The largest absolute Gasteiger partial charge is 0.310 e. The standard InChI is InChI=1S/C14H29N3/c1-13(2)9-12(10-15-13)17(5)11-14(16(3)4)7-6-8-14/h12,15H,6-11H2,1-5H3. The van der Waals surface area contributed by atoms with Gasteiger partial charge in [-0.1, -0.05) is 0 Å². The zero-order chi connectivity index (χ0) is 12.7. The number of nitrogens with one attached hydrogen (secondary N) is 1. The highest BCUT2D eigenvalue weighted by Gasteiger charge is 2.42. The molecule has 0 radical (unpaired) electrons. The van der Waals surface area contributed by atoms with Gasteiger partial charge in [0.15, 0.2) is 0 Å². The number of likely N-dealkylation sites (N-methyl/N-ethyl adjacent to an activating group) is 2. The summed E-state index contributed by atoms with van der Waals surface area (Å²) in [5, 5.41) is 3.62. The lowest BCUT2D eigenvalue weighted by atomic mass is 9.75.